The molecule has 0 fully saturated rings. The minimum absolute atomic E-state index is 0.116. The molecule has 0 aromatic heterocycles. The van der Waals surface area contributed by atoms with Crippen molar-refractivity contribution in [3.63, 3.8) is 0 Å². The van der Waals surface area contributed by atoms with Gasteiger partial charge in [0.1, 0.15) is 0 Å². The first kappa shape index (κ1) is 6.74. The van der Waals surface area contributed by atoms with E-state index in [0.29, 0.717) is 0 Å². The molecule has 3 heteroatoms. The van der Waals surface area contributed by atoms with Gasteiger partial charge in [0.15, 0.2) is 0 Å². The fraction of sp³-hybridized carbons (Fsp3) is 0.143. The summed E-state index contributed by atoms with van der Waals surface area (Å²) in [5.41, 5.74) is 0. The Morgan fingerprint density at radius 3 is 2.50 bits per heavy atom. The third-order valence-corrected chi connectivity index (χ3v) is 1.21. The summed E-state index contributed by atoms with van der Waals surface area (Å²) in [5, 5.41) is 9.83. The van der Waals surface area contributed by atoms with Gasteiger partial charge in [0.2, 0.25) is 6.20 Å². The number of nitrogens with zero attached hydrogens (tertiary/aromatic N) is 1. The summed E-state index contributed by atoms with van der Waals surface area (Å²) in [5.74, 6) is 0.116. The van der Waals surface area contributed by atoms with Crippen LogP contribution in [0.25, 0.3) is 0 Å². The smallest absolute Gasteiger partial charge is 0.231 e. The van der Waals surface area contributed by atoms with Crippen molar-refractivity contribution in [2.24, 2.45) is 5.92 Å². The molecule has 0 amide bonds. The van der Waals surface area contributed by atoms with Crippen molar-refractivity contribution in [3.8, 4) is 0 Å². The summed E-state index contributed by atoms with van der Waals surface area (Å²) in [6, 6.07) is 0. The Morgan fingerprint density at radius 2 is 2.00 bits per heavy atom. The number of hydrogen-bond donors (Lipinski definition) is 0. The summed E-state index contributed by atoms with van der Waals surface area (Å²) in [6.07, 6.45) is 10.0. The Kier molecular flexibility index (Phi) is 1.99. The SMILES string of the molecule is O=[N+]([O-])/C=C/C1C=CC=C1. The molecule has 0 saturated carbocycles. The molecule has 1 aliphatic carbocycles. The molecule has 0 N–H and O–H groups in total. The maximum atomic E-state index is 9.83. The third kappa shape index (κ3) is 1.85. The zero-order valence-corrected chi connectivity index (χ0v) is 5.31. The van der Waals surface area contributed by atoms with E-state index in [1.54, 1.807) is 6.08 Å². The van der Waals surface area contributed by atoms with E-state index in [0.717, 1.165) is 6.20 Å². The molecule has 0 aromatic carbocycles. The molecule has 0 radical (unpaired) electrons. The molecule has 0 spiro atoms. The van der Waals surface area contributed by atoms with Crippen LogP contribution in [0, 0.1) is 16.0 Å². The molecule has 0 aromatic rings. The molecule has 0 saturated heterocycles. The first-order valence-corrected chi connectivity index (χ1v) is 2.96. The largest absolute Gasteiger partial charge is 0.259 e. The van der Waals surface area contributed by atoms with Crippen LogP contribution >= 0.6 is 0 Å². The molecule has 0 atom stereocenters. The first-order valence-electron chi connectivity index (χ1n) is 2.96. The molecule has 0 bridgehead atoms. The van der Waals surface area contributed by atoms with E-state index < -0.39 is 4.92 Å². The predicted octanol–water partition coefficient (Wildman–Crippen LogP) is 1.52. The zero-order valence-electron chi connectivity index (χ0n) is 5.31. The van der Waals surface area contributed by atoms with Crippen molar-refractivity contribution in [2.75, 3.05) is 0 Å². The second-order valence-electron chi connectivity index (χ2n) is 1.97. The second-order valence-corrected chi connectivity index (χ2v) is 1.97. The van der Waals surface area contributed by atoms with Gasteiger partial charge in [-0.25, -0.2) is 0 Å². The lowest BCUT2D eigenvalue weighted by atomic mass is 10.2. The molecule has 0 aliphatic heterocycles. The summed E-state index contributed by atoms with van der Waals surface area (Å²) in [6.45, 7) is 0. The standard InChI is InChI=1S/C7H7NO2/c9-8(10)6-5-7-3-1-2-4-7/h1-7H/b6-5+. The van der Waals surface area contributed by atoms with Crippen molar-refractivity contribution in [1.29, 1.82) is 0 Å². The highest BCUT2D eigenvalue weighted by Gasteiger charge is 1.98. The van der Waals surface area contributed by atoms with Crippen molar-refractivity contribution >= 4 is 0 Å². The number of allylic oxidation sites excluding steroid dienone is 5. The summed E-state index contributed by atoms with van der Waals surface area (Å²) in [4.78, 5) is 9.37. The van der Waals surface area contributed by atoms with Gasteiger partial charge >= 0.3 is 0 Å². The highest BCUT2D eigenvalue weighted by Crippen LogP contribution is 2.09. The maximum absolute atomic E-state index is 9.83. The van der Waals surface area contributed by atoms with Crippen LogP contribution in [0.2, 0.25) is 0 Å². The number of nitro groups is 1. The first-order chi connectivity index (χ1) is 4.79. The van der Waals surface area contributed by atoms with Gasteiger partial charge in [-0.15, -0.1) is 0 Å². The highest BCUT2D eigenvalue weighted by molar-refractivity contribution is 5.21. The van der Waals surface area contributed by atoms with E-state index >= 15 is 0 Å². The van der Waals surface area contributed by atoms with Crippen LogP contribution in [0.5, 0.6) is 0 Å². The summed E-state index contributed by atoms with van der Waals surface area (Å²) >= 11 is 0. The molecule has 10 heavy (non-hydrogen) atoms. The van der Waals surface area contributed by atoms with Crippen LogP contribution in [0.1, 0.15) is 0 Å². The van der Waals surface area contributed by atoms with E-state index in [4.69, 9.17) is 0 Å². The molecular weight excluding hydrogens is 130 g/mol. The third-order valence-electron chi connectivity index (χ3n) is 1.21. The average Bonchev–Trinajstić information content (AvgIpc) is 2.34. The lowest BCUT2D eigenvalue weighted by Gasteiger charge is -1.89. The van der Waals surface area contributed by atoms with Gasteiger partial charge in [-0.3, -0.25) is 10.1 Å². The van der Waals surface area contributed by atoms with Crippen LogP contribution in [-0.4, -0.2) is 4.92 Å². The van der Waals surface area contributed by atoms with Crippen LogP contribution in [-0.2, 0) is 0 Å². The van der Waals surface area contributed by atoms with E-state index in [2.05, 4.69) is 0 Å². The van der Waals surface area contributed by atoms with Crippen molar-refractivity contribution in [1.82, 2.24) is 0 Å². The van der Waals surface area contributed by atoms with Gasteiger partial charge < -0.3 is 0 Å². The van der Waals surface area contributed by atoms with Crippen LogP contribution in [0.15, 0.2) is 36.6 Å². The van der Waals surface area contributed by atoms with Gasteiger partial charge in [-0.05, 0) is 6.08 Å². The van der Waals surface area contributed by atoms with Crippen LogP contribution in [0.4, 0.5) is 0 Å². The quantitative estimate of drug-likeness (QED) is 0.427. The van der Waals surface area contributed by atoms with Gasteiger partial charge in [0.25, 0.3) is 0 Å². The molecule has 0 heterocycles. The monoisotopic (exact) mass is 137 g/mol. The van der Waals surface area contributed by atoms with Crippen LogP contribution < -0.4 is 0 Å². The van der Waals surface area contributed by atoms with Crippen molar-refractivity contribution < 1.29 is 4.92 Å². The van der Waals surface area contributed by atoms with E-state index in [-0.39, 0.29) is 5.92 Å². The zero-order chi connectivity index (χ0) is 7.40. The Labute approximate surface area is 58.5 Å². The molecule has 3 nitrogen and oxygen atoms in total. The van der Waals surface area contributed by atoms with Gasteiger partial charge in [0.05, 0.1) is 4.92 Å². The predicted molar refractivity (Wildman–Crippen MR) is 37.9 cm³/mol. The lowest BCUT2D eigenvalue weighted by Crippen LogP contribution is -1.87. The number of rotatable bonds is 2. The lowest BCUT2D eigenvalue weighted by molar-refractivity contribution is -0.402. The Balaban J connectivity index is 2.46. The Hall–Kier alpha value is -1.38. The molecule has 52 valence electrons. The molecule has 1 aliphatic rings. The summed E-state index contributed by atoms with van der Waals surface area (Å²) < 4.78 is 0. The normalized spacial score (nSPS) is 17.2. The van der Waals surface area contributed by atoms with E-state index in [1.807, 2.05) is 24.3 Å². The van der Waals surface area contributed by atoms with Crippen molar-refractivity contribution in [2.45, 2.75) is 0 Å². The molecule has 1 rings (SSSR count). The van der Waals surface area contributed by atoms with Gasteiger partial charge in [-0.2, -0.15) is 0 Å². The molecule has 0 unspecified atom stereocenters. The number of hydrogen-bond acceptors (Lipinski definition) is 2. The van der Waals surface area contributed by atoms with Crippen molar-refractivity contribution in [3.05, 3.63) is 46.7 Å². The van der Waals surface area contributed by atoms with Crippen LogP contribution in [0.3, 0.4) is 0 Å². The fourth-order valence-electron chi connectivity index (χ4n) is 0.747. The van der Waals surface area contributed by atoms with E-state index in [9.17, 15) is 10.1 Å². The summed E-state index contributed by atoms with van der Waals surface area (Å²) in [7, 11) is 0. The topological polar surface area (TPSA) is 43.1 Å². The average molecular weight is 137 g/mol. The van der Waals surface area contributed by atoms with Gasteiger partial charge in [-0.1, -0.05) is 24.3 Å². The Bertz CT molecular complexity index is 204. The van der Waals surface area contributed by atoms with E-state index in [1.165, 1.54) is 0 Å². The molecular formula is C7H7NO2. The Morgan fingerprint density at radius 1 is 1.40 bits per heavy atom. The maximum Gasteiger partial charge on any atom is 0.231 e. The minimum Gasteiger partial charge on any atom is -0.259 e. The highest BCUT2D eigenvalue weighted by atomic mass is 16.6. The second kappa shape index (κ2) is 2.96. The minimum atomic E-state index is -0.458. The van der Waals surface area contributed by atoms with Gasteiger partial charge in [0, 0.05) is 5.92 Å². The fourth-order valence-corrected chi connectivity index (χ4v) is 0.747.